The fourth-order valence-electron chi connectivity index (χ4n) is 2.81. The highest BCUT2D eigenvalue weighted by Gasteiger charge is 2.27. The lowest BCUT2D eigenvalue weighted by atomic mass is 9.84. The van der Waals surface area contributed by atoms with Crippen LogP contribution in [-0.2, 0) is 0 Å². The summed E-state index contributed by atoms with van der Waals surface area (Å²) in [7, 11) is 0. The minimum Gasteiger partial charge on any atom is -0.491 e. The van der Waals surface area contributed by atoms with E-state index in [4.69, 9.17) is 10.5 Å². The number of aliphatic hydroxyl groups is 1. The van der Waals surface area contributed by atoms with Crippen LogP contribution < -0.4 is 10.5 Å². The predicted octanol–water partition coefficient (Wildman–Crippen LogP) is 2.13. The first-order valence-corrected chi connectivity index (χ1v) is 7.33. The number of β-amino-alcohol motifs (C(OH)–C–C–N with tert-alkyl or cyclic N) is 1. The number of nitrogens with two attached hydrogens (primary N) is 1. The van der Waals surface area contributed by atoms with E-state index in [1.54, 1.807) is 12.1 Å². The standard InChI is InChI=1S/C16H26N2O2/c1-16(2)8-3-9-18(12-16)10-14(19)11-20-15-6-4-13(17)5-7-15/h4-7,14,19H,3,8-12,17H2,1-2H3. The molecular weight excluding hydrogens is 252 g/mol. The molecule has 3 N–H and O–H groups in total. The molecule has 1 unspecified atom stereocenters. The van der Waals surface area contributed by atoms with Crippen molar-refractivity contribution >= 4 is 5.69 Å². The van der Waals surface area contributed by atoms with Crippen molar-refractivity contribution < 1.29 is 9.84 Å². The van der Waals surface area contributed by atoms with Gasteiger partial charge in [0.1, 0.15) is 18.5 Å². The number of hydrogen-bond acceptors (Lipinski definition) is 4. The molecule has 112 valence electrons. The van der Waals surface area contributed by atoms with E-state index in [0.29, 0.717) is 24.3 Å². The molecule has 1 fully saturated rings. The van der Waals surface area contributed by atoms with E-state index in [1.807, 2.05) is 12.1 Å². The number of benzene rings is 1. The second kappa shape index (κ2) is 6.46. The molecule has 2 rings (SSSR count). The number of anilines is 1. The van der Waals surface area contributed by atoms with Crippen LogP contribution in [0.1, 0.15) is 26.7 Å². The quantitative estimate of drug-likeness (QED) is 0.810. The van der Waals surface area contributed by atoms with Crippen molar-refractivity contribution in [3.63, 3.8) is 0 Å². The van der Waals surface area contributed by atoms with Crippen molar-refractivity contribution in [3.05, 3.63) is 24.3 Å². The molecule has 1 aliphatic heterocycles. The fourth-order valence-corrected chi connectivity index (χ4v) is 2.81. The highest BCUT2D eigenvalue weighted by molar-refractivity contribution is 5.41. The molecule has 20 heavy (non-hydrogen) atoms. The van der Waals surface area contributed by atoms with Crippen LogP contribution in [0, 0.1) is 5.41 Å². The van der Waals surface area contributed by atoms with Crippen molar-refractivity contribution in [1.82, 2.24) is 4.90 Å². The third kappa shape index (κ3) is 4.69. The van der Waals surface area contributed by atoms with Gasteiger partial charge in [0.05, 0.1) is 0 Å². The van der Waals surface area contributed by atoms with Crippen LogP contribution in [0.15, 0.2) is 24.3 Å². The van der Waals surface area contributed by atoms with E-state index in [-0.39, 0.29) is 0 Å². The third-order valence-electron chi connectivity index (χ3n) is 3.77. The number of aliphatic hydroxyl groups excluding tert-OH is 1. The third-order valence-corrected chi connectivity index (χ3v) is 3.77. The first-order chi connectivity index (χ1) is 9.44. The van der Waals surface area contributed by atoms with E-state index in [2.05, 4.69) is 18.7 Å². The Balaban J connectivity index is 1.75. The molecular formula is C16H26N2O2. The minimum atomic E-state index is -0.457. The molecule has 0 bridgehead atoms. The van der Waals surface area contributed by atoms with Crippen molar-refractivity contribution in [3.8, 4) is 5.75 Å². The molecule has 4 heteroatoms. The number of likely N-dealkylation sites (tertiary alicyclic amines) is 1. The van der Waals surface area contributed by atoms with Crippen molar-refractivity contribution in [2.45, 2.75) is 32.8 Å². The van der Waals surface area contributed by atoms with Gasteiger partial charge in [-0.15, -0.1) is 0 Å². The summed E-state index contributed by atoms with van der Waals surface area (Å²) >= 11 is 0. The van der Waals surface area contributed by atoms with E-state index >= 15 is 0 Å². The molecule has 1 saturated heterocycles. The Kier molecular flexibility index (Phi) is 4.89. The Hall–Kier alpha value is -1.26. The van der Waals surface area contributed by atoms with Crippen LogP contribution in [0.25, 0.3) is 0 Å². The highest BCUT2D eigenvalue weighted by atomic mass is 16.5. The zero-order valence-corrected chi connectivity index (χ0v) is 12.5. The van der Waals surface area contributed by atoms with Crippen molar-refractivity contribution in [2.75, 3.05) is 32.0 Å². The Morgan fingerprint density at radius 1 is 1.35 bits per heavy atom. The smallest absolute Gasteiger partial charge is 0.119 e. The molecule has 1 aromatic carbocycles. The molecule has 1 heterocycles. The average Bonchev–Trinajstić information content (AvgIpc) is 2.37. The lowest BCUT2D eigenvalue weighted by molar-refractivity contribution is 0.0366. The zero-order valence-electron chi connectivity index (χ0n) is 12.5. The Bertz CT molecular complexity index is 417. The normalized spacial score (nSPS) is 20.6. The number of nitrogen functional groups attached to an aromatic ring is 1. The molecule has 1 aromatic rings. The Morgan fingerprint density at radius 3 is 2.70 bits per heavy atom. The van der Waals surface area contributed by atoms with E-state index in [1.165, 1.54) is 12.8 Å². The second-order valence-corrected chi connectivity index (χ2v) is 6.54. The molecule has 1 atom stereocenters. The lowest BCUT2D eigenvalue weighted by Gasteiger charge is -2.38. The molecule has 0 spiro atoms. The lowest BCUT2D eigenvalue weighted by Crippen LogP contribution is -2.44. The summed E-state index contributed by atoms with van der Waals surface area (Å²) in [6.45, 7) is 7.69. The van der Waals surface area contributed by atoms with Crippen LogP contribution in [0.4, 0.5) is 5.69 Å². The molecule has 0 saturated carbocycles. The van der Waals surface area contributed by atoms with Gasteiger partial charge in [0.15, 0.2) is 0 Å². The minimum absolute atomic E-state index is 0.320. The van der Waals surface area contributed by atoms with Crippen LogP contribution in [0.5, 0.6) is 5.75 Å². The predicted molar refractivity (Wildman–Crippen MR) is 81.8 cm³/mol. The van der Waals surface area contributed by atoms with Gasteiger partial charge in [-0.2, -0.15) is 0 Å². The monoisotopic (exact) mass is 278 g/mol. The maximum Gasteiger partial charge on any atom is 0.119 e. The summed E-state index contributed by atoms with van der Waals surface area (Å²) in [5.41, 5.74) is 6.69. The first-order valence-electron chi connectivity index (χ1n) is 7.33. The maximum absolute atomic E-state index is 10.1. The SMILES string of the molecule is CC1(C)CCCN(CC(O)COc2ccc(N)cc2)C1. The van der Waals surface area contributed by atoms with Crippen LogP contribution in [0.3, 0.4) is 0 Å². The number of piperidine rings is 1. The van der Waals surface area contributed by atoms with Gasteiger partial charge < -0.3 is 20.5 Å². The largest absolute Gasteiger partial charge is 0.491 e. The van der Waals surface area contributed by atoms with Gasteiger partial charge in [0, 0.05) is 18.8 Å². The maximum atomic E-state index is 10.1. The van der Waals surface area contributed by atoms with Gasteiger partial charge in [-0.3, -0.25) is 0 Å². The van der Waals surface area contributed by atoms with Crippen molar-refractivity contribution in [2.24, 2.45) is 5.41 Å². The van der Waals surface area contributed by atoms with E-state index in [9.17, 15) is 5.11 Å². The summed E-state index contributed by atoms with van der Waals surface area (Å²) in [5.74, 6) is 0.747. The number of ether oxygens (including phenoxy) is 1. The van der Waals surface area contributed by atoms with Crippen LogP contribution >= 0.6 is 0 Å². The molecule has 0 amide bonds. The van der Waals surface area contributed by atoms with Crippen LogP contribution in [-0.4, -0.2) is 42.4 Å². The average molecular weight is 278 g/mol. The van der Waals surface area contributed by atoms with Gasteiger partial charge in [-0.1, -0.05) is 13.8 Å². The molecule has 0 aliphatic carbocycles. The zero-order chi connectivity index (χ0) is 14.6. The fraction of sp³-hybridized carbons (Fsp3) is 0.625. The van der Waals surface area contributed by atoms with Gasteiger partial charge >= 0.3 is 0 Å². The summed E-state index contributed by atoms with van der Waals surface area (Å²) in [4.78, 5) is 2.33. The summed E-state index contributed by atoms with van der Waals surface area (Å²) in [5, 5.41) is 10.1. The van der Waals surface area contributed by atoms with Crippen LogP contribution in [0.2, 0.25) is 0 Å². The number of hydrogen-bond donors (Lipinski definition) is 2. The summed E-state index contributed by atoms with van der Waals surface area (Å²) < 4.78 is 5.58. The highest BCUT2D eigenvalue weighted by Crippen LogP contribution is 2.28. The summed E-state index contributed by atoms with van der Waals surface area (Å²) in [6.07, 6.45) is 2.02. The summed E-state index contributed by atoms with van der Waals surface area (Å²) in [6, 6.07) is 7.25. The number of rotatable bonds is 5. The number of nitrogens with zero attached hydrogens (tertiary/aromatic N) is 1. The van der Waals surface area contributed by atoms with Gasteiger partial charge in [0.2, 0.25) is 0 Å². The molecule has 1 aliphatic rings. The topological polar surface area (TPSA) is 58.7 Å². The molecule has 4 nitrogen and oxygen atoms in total. The Morgan fingerprint density at radius 2 is 2.05 bits per heavy atom. The van der Waals surface area contributed by atoms with Crippen molar-refractivity contribution in [1.29, 1.82) is 0 Å². The molecule has 0 radical (unpaired) electrons. The first kappa shape index (κ1) is 15.1. The van der Waals surface area contributed by atoms with E-state index < -0.39 is 6.10 Å². The second-order valence-electron chi connectivity index (χ2n) is 6.54. The molecule has 0 aromatic heterocycles. The van der Waals surface area contributed by atoms with Gasteiger partial charge in [0.25, 0.3) is 0 Å². The Labute approximate surface area is 121 Å². The van der Waals surface area contributed by atoms with Gasteiger partial charge in [-0.05, 0) is 49.1 Å². The van der Waals surface area contributed by atoms with E-state index in [0.717, 1.165) is 18.8 Å². The van der Waals surface area contributed by atoms with Gasteiger partial charge in [-0.25, -0.2) is 0 Å².